The Hall–Kier alpha value is -1.75. The maximum absolute atomic E-state index is 10.9. The van der Waals surface area contributed by atoms with Crippen molar-refractivity contribution in [3.05, 3.63) is 23.8 Å². The van der Waals surface area contributed by atoms with Gasteiger partial charge in [-0.25, -0.2) is 0 Å². The Morgan fingerprint density at radius 3 is 2.68 bits per heavy atom. The highest BCUT2D eigenvalue weighted by molar-refractivity contribution is 5.70. The lowest BCUT2D eigenvalue weighted by Gasteiger charge is -2.30. The first-order valence-electron chi connectivity index (χ1n) is 6.42. The highest BCUT2D eigenvalue weighted by Crippen LogP contribution is 2.31. The minimum atomic E-state index is -0.705. The van der Waals surface area contributed by atoms with E-state index in [0.29, 0.717) is 25.1 Å². The van der Waals surface area contributed by atoms with Crippen LogP contribution in [-0.2, 0) is 11.3 Å². The number of aromatic hydroxyl groups is 1. The zero-order chi connectivity index (χ0) is 13.8. The SMILES string of the molecule is COc1cccc(CN2CCC(C(=O)O)CC2)c1O. The molecule has 104 valence electrons. The number of aliphatic carboxylic acids is 1. The van der Waals surface area contributed by atoms with Crippen LogP contribution in [0.1, 0.15) is 18.4 Å². The predicted molar refractivity (Wildman–Crippen MR) is 70.3 cm³/mol. The van der Waals surface area contributed by atoms with Gasteiger partial charge in [0.2, 0.25) is 0 Å². The molecule has 1 fully saturated rings. The van der Waals surface area contributed by atoms with Gasteiger partial charge in [-0.15, -0.1) is 0 Å². The fourth-order valence-electron chi connectivity index (χ4n) is 2.44. The molecule has 0 bridgehead atoms. The topological polar surface area (TPSA) is 70.0 Å². The van der Waals surface area contributed by atoms with Crippen LogP contribution >= 0.6 is 0 Å². The lowest BCUT2D eigenvalue weighted by molar-refractivity contribution is -0.143. The van der Waals surface area contributed by atoms with E-state index in [9.17, 15) is 9.90 Å². The van der Waals surface area contributed by atoms with E-state index in [1.807, 2.05) is 12.1 Å². The summed E-state index contributed by atoms with van der Waals surface area (Å²) in [7, 11) is 1.52. The minimum absolute atomic E-state index is 0.172. The summed E-state index contributed by atoms with van der Waals surface area (Å²) >= 11 is 0. The number of para-hydroxylation sites is 1. The summed E-state index contributed by atoms with van der Waals surface area (Å²) < 4.78 is 5.08. The molecule has 0 unspecified atom stereocenters. The van der Waals surface area contributed by atoms with Crippen molar-refractivity contribution in [2.45, 2.75) is 19.4 Å². The van der Waals surface area contributed by atoms with Gasteiger partial charge < -0.3 is 14.9 Å². The van der Waals surface area contributed by atoms with Crippen LogP contribution in [0.4, 0.5) is 0 Å². The molecule has 2 rings (SSSR count). The Morgan fingerprint density at radius 1 is 1.42 bits per heavy atom. The fraction of sp³-hybridized carbons (Fsp3) is 0.500. The molecule has 0 radical (unpaired) electrons. The number of phenols is 1. The van der Waals surface area contributed by atoms with Crippen molar-refractivity contribution in [2.75, 3.05) is 20.2 Å². The molecule has 5 nitrogen and oxygen atoms in total. The van der Waals surface area contributed by atoms with E-state index in [4.69, 9.17) is 9.84 Å². The number of hydrogen-bond donors (Lipinski definition) is 2. The molecule has 1 aromatic carbocycles. The summed E-state index contributed by atoms with van der Waals surface area (Å²) in [6.45, 7) is 2.11. The highest BCUT2D eigenvalue weighted by atomic mass is 16.5. The van der Waals surface area contributed by atoms with Crippen LogP contribution in [0.5, 0.6) is 11.5 Å². The summed E-state index contributed by atoms with van der Waals surface area (Å²) in [5.41, 5.74) is 0.813. The number of likely N-dealkylation sites (tertiary alicyclic amines) is 1. The van der Waals surface area contributed by atoms with E-state index in [-0.39, 0.29) is 11.7 Å². The standard InChI is InChI=1S/C14H19NO4/c1-19-12-4-2-3-11(13(12)16)9-15-7-5-10(6-8-15)14(17)18/h2-4,10,16H,5-9H2,1H3,(H,17,18). The summed E-state index contributed by atoms with van der Waals surface area (Å²) in [5.74, 6) is -0.290. The number of carboxylic acid groups (broad SMARTS) is 1. The van der Waals surface area contributed by atoms with Gasteiger partial charge in [-0.05, 0) is 32.0 Å². The fourth-order valence-corrected chi connectivity index (χ4v) is 2.44. The number of benzene rings is 1. The van der Waals surface area contributed by atoms with Crippen molar-refractivity contribution in [1.29, 1.82) is 0 Å². The molecule has 1 aliphatic rings. The summed E-state index contributed by atoms with van der Waals surface area (Å²) in [5, 5.41) is 19.0. The third-order valence-electron chi connectivity index (χ3n) is 3.63. The zero-order valence-corrected chi connectivity index (χ0v) is 11.0. The summed E-state index contributed by atoms with van der Waals surface area (Å²) in [6, 6.07) is 5.43. The Kier molecular flexibility index (Phi) is 4.27. The molecule has 1 heterocycles. The van der Waals surface area contributed by atoms with Gasteiger partial charge >= 0.3 is 5.97 Å². The number of carboxylic acids is 1. The van der Waals surface area contributed by atoms with Crippen LogP contribution in [0.2, 0.25) is 0 Å². The zero-order valence-electron chi connectivity index (χ0n) is 11.0. The van der Waals surface area contributed by atoms with Gasteiger partial charge in [-0.2, -0.15) is 0 Å². The molecule has 1 saturated heterocycles. The Morgan fingerprint density at radius 2 is 2.11 bits per heavy atom. The van der Waals surface area contributed by atoms with Crippen molar-refractivity contribution in [3.8, 4) is 11.5 Å². The molecule has 0 aliphatic carbocycles. The molecule has 0 amide bonds. The lowest BCUT2D eigenvalue weighted by atomic mass is 9.97. The van der Waals surface area contributed by atoms with Gasteiger partial charge in [0.05, 0.1) is 13.0 Å². The second-order valence-corrected chi connectivity index (χ2v) is 4.86. The number of nitrogens with zero attached hydrogens (tertiary/aromatic N) is 1. The third-order valence-corrected chi connectivity index (χ3v) is 3.63. The van der Waals surface area contributed by atoms with E-state index in [1.165, 1.54) is 7.11 Å². The van der Waals surface area contributed by atoms with Crippen molar-refractivity contribution in [1.82, 2.24) is 4.90 Å². The first-order valence-corrected chi connectivity index (χ1v) is 6.42. The Bertz CT molecular complexity index is 453. The minimum Gasteiger partial charge on any atom is -0.504 e. The molecule has 2 N–H and O–H groups in total. The van der Waals surface area contributed by atoms with Crippen molar-refractivity contribution < 1.29 is 19.7 Å². The number of piperidine rings is 1. The van der Waals surface area contributed by atoms with Gasteiger partial charge in [-0.3, -0.25) is 9.69 Å². The van der Waals surface area contributed by atoms with Crippen LogP contribution in [0.25, 0.3) is 0 Å². The quantitative estimate of drug-likeness (QED) is 0.867. The van der Waals surface area contributed by atoms with E-state index >= 15 is 0 Å². The van der Waals surface area contributed by atoms with Gasteiger partial charge in [0.25, 0.3) is 0 Å². The normalized spacial score (nSPS) is 17.3. The molecule has 0 aromatic heterocycles. The number of ether oxygens (including phenoxy) is 1. The number of carbonyl (C=O) groups is 1. The number of phenolic OH excluding ortho intramolecular Hbond substituents is 1. The van der Waals surface area contributed by atoms with Gasteiger partial charge in [0.15, 0.2) is 11.5 Å². The molecule has 19 heavy (non-hydrogen) atoms. The Balaban J connectivity index is 1.98. The molecule has 1 aliphatic heterocycles. The summed E-state index contributed by atoms with van der Waals surface area (Å²) in [4.78, 5) is 13.0. The molecular weight excluding hydrogens is 246 g/mol. The maximum Gasteiger partial charge on any atom is 0.306 e. The molecular formula is C14H19NO4. The predicted octanol–water partition coefficient (Wildman–Crippen LogP) is 1.70. The molecule has 0 saturated carbocycles. The molecule has 5 heteroatoms. The van der Waals surface area contributed by atoms with Crippen LogP contribution in [0.15, 0.2) is 18.2 Å². The van der Waals surface area contributed by atoms with Crippen LogP contribution < -0.4 is 4.74 Å². The number of rotatable bonds is 4. The largest absolute Gasteiger partial charge is 0.504 e. The molecule has 0 spiro atoms. The number of hydrogen-bond acceptors (Lipinski definition) is 4. The second-order valence-electron chi connectivity index (χ2n) is 4.86. The van der Waals surface area contributed by atoms with Crippen LogP contribution in [0.3, 0.4) is 0 Å². The monoisotopic (exact) mass is 265 g/mol. The molecule has 0 atom stereocenters. The van der Waals surface area contributed by atoms with Crippen molar-refractivity contribution >= 4 is 5.97 Å². The number of methoxy groups -OCH3 is 1. The second kappa shape index (κ2) is 5.93. The van der Waals surface area contributed by atoms with Crippen molar-refractivity contribution in [3.63, 3.8) is 0 Å². The van der Waals surface area contributed by atoms with E-state index < -0.39 is 5.97 Å². The van der Waals surface area contributed by atoms with Crippen LogP contribution in [-0.4, -0.2) is 41.3 Å². The van der Waals surface area contributed by atoms with E-state index in [1.54, 1.807) is 6.07 Å². The van der Waals surface area contributed by atoms with Gasteiger partial charge in [-0.1, -0.05) is 12.1 Å². The molecule has 1 aromatic rings. The van der Waals surface area contributed by atoms with Crippen molar-refractivity contribution in [2.24, 2.45) is 5.92 Å². The van der Waals surface area contributed by atoms with Gasteiger partial charge in [0, 0.05) is 12.1 Å². The maximum atomic E-state index is 10.9. The Labute approximate surface area is 112 Å². The van der Waals surface area contributed by atoms with Crippen LogP contribution in [0, 0.1) is 5.92 Å². The summed E-state index contributed by atoms with van der Waals surface area (Å²) in [6.07, 6.45) is 1.33. The smallest absolute Gasteiger partial charge is 0.306 e. The average Bonchev–Trinajstić information content (AvgIpc) is 2.42. The average molecular weight is 265 g/mol. The van der Waals surface area contributed by atoms with E-state index in [2.05, 4.69) is 4.90 Å². The third kappa shape index (κ3) is 3.17. The van der Waals surface area contributed by atoms with Gasteiger partial charge in [0.1, 0.15) is 0 Å². The highest BCUT2D eigenvalue weighted by Gasteiger charge is 2.24. The first-order chi connectivity index (χ1) is 9.11. The lowest BCUT2D eigenvalue weighted by Crippen LogP contribution is -2.35. The van der Waals surface area contributed by atoms with E-state index in [0.717, 1.165) is 18.7 Å². The first kappa shape index (κ1) is 13.7.